The molecule has 1 aromatic heterocycles. The van der Waals surface area contributed by atoms with Gasteiger partial charge < -0.3 is 9.64 Å². The third-order valence-electron chi connectivity index (χ3n) is 6.52. The Morgan fingerprint density at radius 1 is 1.24 bits per heavy atom. The summed E-state index contributed by atoms with van der Waals surface area (Å²) < 4.78 is 34.5. The molecule has 33 heavy (non-hydrogen) atoms. The molecular formula is C24H28N4O4S. The molecule has 174 valence electrons. The Morgan fingerprint density at radius 2 is 2.06 bits per heavy atom. The minimum atomic E-state index is -3.78. The van der Waals surface area contributed by atoms with E-state index < -0.39 is 10.0 Å². The van der Waals surface area contributed by atoms with Gasteiger partial charge in [0.1, 0.15) is 12.4 Å². The highest BCUT2D eigenvalue weighted by Gasteiger charge is 2.42. The third-order valence-corrected chi connectivity index (χ3v) is 8.47. The SMILES string of the molecule is Cc1ncccc1OC[C@@H]1CCCN1S(=O)(=O)c1ccc2c(c1)C(=O)C1=NCC(C)(C)CN12. The first-order valence-electron chi connectivity index (χ1n) is 11.2. The normalized spacial score (nSPS) is 22.2. The maximum absolute atomic E-state index is 13.6. The first kappa shape index (κ1) is 22.0. The number of benzene rings is 1. The molecule has 3 aliphatic heterocycles. The van der Waals surface area contributed by atoms with Crippen LogP contribution in [0.25, 0.3) is 0 Å². The summed E-state index contributed by atoms with van der Waals surface area (Å²) >= 11 is 0. The van der Waals surface area contributed by atoms with Crippen molar-refractivity contribution >= 4 is 27.3 Å². The molecule has 0 saturated carbocycles. The number of aliphatic imine (C=N–C) groups is 1. The molecule has 0 unspecified atom stereocenters. The van der Waals surface area contributed by atoms with Crippen LogP contribution in [0.5, 0.6) is 5.75 Å². The van der Waals surface area contributed by atoms with Crippen LogP contribution in [-0.2, 0) is 10.0 Å². The van der Waals surface area contributed by atoms with Crippen LogP contribution in [-0.4, -0.2) is 61.6 Å². The van der Waals surface area contributed by atoms with Gasteiger partial charge >= 0.3 is 0 Å². The van der Waals surface area contributed by atoms with Crippen molar-refractivity contribution in [2.45, 2.75) is 44.6 Å². The fraction of sp³-hybridized carbons (Fsp3) is 0.458. The molecule has 0 aliphatic carbocycles. The highest BCUT2D eigenvalue weighted by molar-refractivity contribution is 7.89. The second-order valence-electron chi connectivity index (χ2n) is 9.71. The molecule has 0 radical (unpaired) electrons. The Balaban J connectivity index is 1.40. The van der Waals surface area contributed by atoms with Gasteiger partial charge in [-0.25, -0.2) is 8.42 Å². The zero-order valence-corrected chi connectivity index (χ0v) is 19.9. The molecule has 1 fully saturated rings. The first-order chi connectivity index (χ1) is 15.7. The number of hydrogen-bond acceptors (Lipinski definition) is 7. The fourth-order valence-electron chi connectivity index (χ4n) is 4.77. The van der Waals surface area contributed by atoms with Gasteiger partial charge in [-0.05, 0) is 50.1 Å². The van der Waals surface area contributed by atoms with Gasteiger partial charge in [-0.1, -0.05) is 13.8 Å². The summed E-state index contributed by atoms with van der Waals surface area (Å²) in [5.41, 5.74) is 1.86. The Kier molecular flexibility index (Phi) is 5.29. The van der Waals surface area contributed by atoms with E-state index >= 15 is 0 Å². The Bertz CT molecular complexity index is 1250. The number of Topliss-reactive ketones (excluding diaryl/α,β-unsaturated/α-hetero) is 1. The van der Waals surface area contributed by atoms with Crippen LogP contribution < -0.4 is 9.64 Å². The van der Waals surface area contributed by atoms with E-state index in [4.69, 9.17) is 4.74 Å². The van der Waals surface area contributed by atoms with Crippen molar-refractivity contribution in [1.82, 2.24) is 9.29 Å². The highest BCUT2D eigenvalue weighted by Crippen LogP contribution is 2.38. The summed E-state index contributed by atoms with van der Waals surface area (Å²) in [6.07, 6.45) is 3.19. The fourth-order valence-corrected chi connectivity index (χ4v) is 6.48. The predicted octanol–water partition coefficient (Wildman–Crippen LogP) is 3.06. The number of carbonyl (C=O) groups is 1. The lowest BCUT2D eigenvalue weighted by molar-refractivity contribution is 0.106. The molecule has 0 N–H and O–H groups in total. The summed E-state index contributed by atoms with van der Waals surface area (Å²) in [5, 5.41) is 0. The van der Waals surface area contributed by atoms with Crippen LogP contribution in [0.3, 0.4) is 0 Å². The van der Waals surface area contributed by atoms with E-state index in [1.807, 2.05) is 17.9 Å². The lowest BCUT2D eigenvalue weighted by atomic mass is 9.91. The minimum absolute atomic E-state index is 0.0501. The Labute approximate surface area is 194 Å². The van der Waals surface area contributed by atoms with Crippen LogP contribution in [0.1, 0.15) is 42.7 Å². The minimum Gasteiger partial charge on any atom is -0.490 e. The second kappa shape index (κ2) is 7.92. The summed E-state index contributed by atoms with van der Waals surface area (Å²) in [6, 6.07) is 8.23. The standard InChI is InChI=1S/C24H28N4O4S/c1-16-21(7-4-10-25-16)32-13-17-6-5-11-28(17)33(30,31)18-8-9-20-19(12-18)22(29)23-26-14-24(2,3)15-27(20)23/h4,7-10,12,17H,5-6,11,13-15H2,1-3H3/t17-/m0/s1. The zero-order valence-electron chi connectivity index (χ0n) is 19.1. The number of nitrogens with zero attached hydrogens (tertiary/aromatic N) is 4. The van der Waals surface area contributed by atoms with E-state index in [1.165, 1.54) is 10.4 Å². The van der Waals surface area contributed by atoms with Crippen molar-refractivity contribution in [3.05, 3.63) is 47.8 Å². The number of ether oxygens (including phenoxy) is 1. The lowest BCUT2D eigenvalue weighted by Gasteiger charge is -2.34. The number of anilines is 1. The van der Waals surface area contributed by atoms with Crippen molar-refractivity contribution in [3.8, 4) is 5.75 Å². The number of carbonyl (C=O) groups excluding carboxylic acids is 1. The maximum atomic E-state index is 13.6. The summed E-state index contributed by atoms with van der Waals surface area (Å²) in [7, 11) is -3.78. The van der Waals surface area contributed by atoms with Crippen LogP contribution >= 0.6 is 0 Å². The number of ketones is 1. The topological polar surface area (TPSA) is 92.2 Å². The number of sulfonamides is 1. The van der Waals surface area contributed by atoms with Crippen LogP contribution in [0.2, 0.25) is 0 Å². The van der Waals surface area contributed by atoms with Crippen LogP contribution in [0.4, 0.5) is 5.69 Å². The van der Waals surface area contributed by atoms with Gasteiger partial charge in [-0.3, -0.25) is 14.8 Å². The smallest absolute Gasteiger partial charge is 0.243 e. The first-order valence-corrected chi connectivity index (χ1v) is 12.7. The molecule has 2 aromatic rings. The van der Waals surface area contributed by atoms with Crippen molar-refractivity contribution in [3.63, 3.8) is 0 Å². The van der Waals surface area contributed by atoms with E-state index in [0.29, 0.717) is 36.8 Å². The lowest BCUT2D eigenvalue weighted by Crippen LogP contribution is -2.44. The second-order valence-corrected chi connectivity index (χ2v) is 11.6. The summed E-state index contributed by atoms with van der Waals surface area (Å²) in [4.78, 5) is 23.8. The number of rotatable bonds is 5. The van der Waals surface area contributed by atoms with E-state index in [0.717, 1.165) is 24.2 Å². The van der Waals surface area contributed by atoms with E-state index in [9.17, 15) is 13.2 Å². The van der Waals surface area contributed by atoms with Gasteiger partial charge in [0.25, 0.3) is 0 Å². The molecule has 1 aromatic carbocycles. The quantitative estimate of drug-likeness (QED) is 0.670. The number of aromatic nitrogens is 1. The molecular weight excluding hydrogens is 440 g/mol. The Hall–Kier alpha value is -2.78. The molecule has 0 spiro atoms. The number of hydrogen-bond donors (Lipinski definition) is 0. The van der Waals surface area contributed by atoms with Crippen molar-refractivity contribution in [2.75, 3.05) is 31.1 Å². The van der Waals surface area contributed by atoms with Gasteiger partial charge in [0, 0.05) is 31.2 Å². The largest absolute Gasteiger partial charge is 0.490 e. The molecule has 0 bridgehead atoms. The molecule has 9 heteroatoms. The van der Waals surface area contributed by atoms with E-state index in [1.54, 1.807) is 24.4 Å². The number of amidine groups is 1. The van der Waals surface area contributed by atoms with Gasteiger partial charge in [0.05, 0.1) is 27.9 Å². The van der Waals surface area contributed by atoms with Crippen molar-refractivity contribution in [2.24, 2.45) is 10.4 Å². The highest BCUT2D eigenvalue weighted by atomic mass is 32.2. The van der Waals surface area contributed by atoms with Crippen LogP contribution in [0.15, 0.2) is 46.4 Å². The van der Waals surface area contributed by atoms with Crippen molar-refractivity contribution < 1.29 is 17.9 Å². The number of pyridine rings is 1. The van der Waals surface area contributed by atoms with Crippen LogP contribution in [0, 0.1) is 12.3 Å². The number of aryl methyl sites for hydroxylation is 1. The molecule has 3 aliphatic rings. The maximum Gasteiger partial charge on any atom is 0.243 e. The summed E-state index contributed by atoms with van der Waals surface area (Å²) in [5.74, 6) is 0.870. The predicted molar refractivity (Wildman–Crippen MR) is 126 cm³/mol. The molecule has 0 amide bonds. The molecule has 1 saturated heterocycles. The van der Waals surface area contributed by atoms with E-state index in [-0.39, 0.29) is 28.7 Å². The average molecular weight is 469 g/mol. The monoisotopic (exact) mass is 468 g/mol. The zero-order chi connectivity index (χ0) is 23.4. The average Bonchev–Trinajstić information content (AvgIpc) is 3.36. The third kappa shape index (κ3) is 3.83. The van der Waals surface area contributed by atoms with Gasteiger partial charge in [-0.2, -0.15) is 4.31 Å². The van der Waals surface area contributed by atoms with Gasteiger partial charge in [0.2, 0.25) is 15.8 Å². The summed E-state index contributed by atoms with van der Waals surface area (Å²) in [6.45, 7) is 8.02. The molecule has 8 nitrogen and oxygen atoms in total. The molecule has 4 heterocycles. The van der Waals surface area contributed by atoms with Gasteiger partial charge in [-0.15, -0.1) is 0 Å². The Morgan fingerprint density at radius 3 is 2.85 bits per heavy atom. The van der Waals surface area contributed by atoms with E-state index in [2.05, 4.69) is 23.8 Å². The molecule has 5 rings (SSSR count). The van der Waals surface area contributed by atoms with Crippen molar-refractivity contribution in [1.29, 1.82) is 0 Å². The number of fused-ring (bicyclic) bond motifs is 3. The molecule has 1 atom stereocenters. The van der Waals surface area contributed by atoms with Gasteiger partial charge in [0.15, 0.2) is 5.84 Å².